The molecule has 2 aromatic carbocycles. The van der Waals surface area contributed by atoms with Gasteiger partial charge in [-0.15, -0.1) is 0 Å². The summed E-state index contributed by atoms with van der Waals surface area (Å²) in [6.45, 7) is 0.975. The van der Waals surface area contributed by atoms with Crippen LogP contribution >= 0.6 is 0 Å². The van der Waals surface area contributed by atoms with Gasteiger partial charge in [-0.3, -0.25) is 4.79 Å². The third-order valence-corrected chi connectivity index (χ3v) is 5.16. The van der Waals surface area contributed by atoms with Gasteiger partial charge in [-0.2, -0.15) is 5.10 Å². The lowest BCUT2D eigenvalue weighted by atomic mass is 10.0. The van der Waals surface area contributed by atoms with Crippen LogP contribution in [0.4, 0.5) is 5.69 Å². The van der Waals surface area contributed by atoms with Crippen LogP contribution in [0, 0.1) is 0 Å². The molecule has 0 saturated carbocycles. The Kier molecular flexibility index (Phi) is 4.87. The molecule has 0 aliphatic rings. The number of phenols is 2. The SMILES string of the molecule is NCCCNc1ccc2c(C(N)CCO)nn3c4c(O)ccc(O)c4c(=O)c1c23. The van der Waals surface area contributed by atoms with Crippen LogP contribution in [0.5, 0.6) is 11.5 Å². The van der Waals surface area contributed by atoms with Gasteiger partial charge in [-0.05, 0) is 43.7 Å². The minimum atomic E-state index is -0.552. The van der Waals surface area contributed by atoms with Crippen molar-refractivity contribution in [2.75, 3.05) is 25.0 Å². The standard InChI is InChI=1S/C20H23N5O4/c21-7-1-8-23-12-3-2-10-17(11(22)6-9-26)24-25-18(10)15(12)20(29)16-13(27)4-5-14(28)19(16)25/h2-5,11,23,26-28H,1,6-9,21-22H2. The molecule has 152 valence electrons. The number of aliphatic hydroxyl groups is 1. The number of nitrogens with two attached hydrogens (primary N) is 2. The number of aromatic hydroxyl groups is 2. The van der Waals surface area contributed by atoms with Gasteiger partial charge >= 0.3 is 0 Å². The van der Waals surface area contributed by atoms with E-state index in [9.17, 15) is 20.1 Å². The predicted molar refractivity (Wildman–Crippen MR) is 112 cm³/mol. The first-order valence-electron chi connectivity index (χ1n) is 9.45. The van der Waals surface area contributed by atoms with Crippen molar-refractivity contribution < 1.29 is 15.3 Å². The average molecular weight is 397 g/mol. The van der Waals surface area contributed by atoms with Gasteiger partial charge in [0.1, 0.15) is 17.0 Å². The van der Waals surface area contributed by atoms with Crippen LogP contribution < -0.4 is 22.2 Å². The molecule has 0 aliphatic heterocycles. The van der Waals surface area contributed by atoms with Crippen LogP contribution in [0.3, 0.4) is 0 Å². The van der Waals surface area contributed by atoms with Gasteiger partial charge in [0, 0.05) is 24.2 Å². The monoisotopic (exact) mass is 397 g/mol. The fraction of sp³-hybridized carbons (Fsp3) is 0.300. The number of rotatable bonds is 7. The molecule has 0 spiro atoms. The number of benzene rings is 2. The zero-order chi connectivity index (χ0) is 20.7. The molecule has 9 nitrogen and oxygen atoms in total. The summed E-state index contributed by atoms with van der Waals surface area (Å²) in [6, 6.07) is 5.64. The van der Waals surface area contributed by atoms with E-state index in [-0.39, 0.29) is 29.0 Å². The van der Waals surface area contributed by atoms with Crippen LogP contribution in [-0.2, 0) is 0 Å². The largest absolute Gasteiger partial charge is 0.507 e. The Balaban J connectivity index is 2.15. The number of hydrogen-bond donors (Lipinski definition) is 6. The number of aliphatic hydroxyl groups excluding tert-OH is 1. The number of nitrogens with zero attached hydrogens (tertiary/aromatic N) is 2. The summed E-state index contributed by atoms with van der Waals surface area (Å²) in [4.78, 5) is 13.4. The molecule has 1 atom stereocenters. The van der Waals surface area contributed by atoms with E-state index in [2.05, 4.69) is 10.4 Å². The summed E-state index contributed by atoms with van der Waals surface area (Å²) >= 11 is 0. The van der Waals surface area contributed by atoms with Crippen molar-refractivity contribution >= 4 is 32.9 Å². The number of pyridine rings is 1. The smallest absolute Gasteiger partial charge is 0.203 e. The van der Waals surface area contributed by atoms with Gasteiger partial charge in [0.25, 0.3) is 0 Å². The van der Waals surface area contributed by atoms with E-state index in [1.807, 2.05) is 6.07 Å². The molecular weight excluding hydrogens is 374 g/mol. The molecule has 2 aromatic heterocycles. The van der Waals surface area contributed by atoms with Crippen LogP contribution in [0.15, 0.2) is 29.1 Å². The third kappa shape index (κ3) is 2.91. The molecule has 0 aliphatic carbocycles. The minimum absolute atomic E-state index is 0.0164. The van der Waals surface area contributed by atoms with Crippen LogP contribution in [0.25, 0.3) is 27.2 Å². The van der Waals surface area contributed by atoms with E-state index in [1.165, 1.54) is 16.6 Å². The highest BCUT2D eigenvalue weighted by molar-refractivity contribution is 6.10. The average Bonchev–Trinajstić information content (AvgIpc) is 3.08. The Labute approximate surface area is 165 Å². The topological polar surface area (TPSA) is 159 Å². The van der Waals surface area contributed by atoms with Crippen LogP contribution in [0.2, 0.25) is 0 Å². The number of fused-ring (bicyclic) bond motifs is 2. The lowest BCUT2D eigenvalue weighted by molar-refractivity contribution is 0.276. The van der Waals surface area contributed by atoms with Crippen molar-refractivity contribution in [1.82, 2.24) is 9.61 Å². The zero-order valence-electron chi connectivity index (χ0n) is 15.7. The number of hydrogen-bond acceptors (Lipinski definition) is 8. The molecule has 0 radical (unpaired) electrons. The highest BCUT2D eigenvalue weighted by atomic mass is 16.3. The first-order valence-corrected chi connectivity index (χ1v) is 9.45. The lowest BCUT2D eigenvalue weighted by Crippen LogP contribution is -2.13. The number of aromatic nitrogens is 2. The summed E-state index contributed by atoms with van der Waals surface area (Å²) < 4.78 is 1.46. The molecule has 0 fully saturated rings. The maximum atomic E-state index is 13.4. The number of phenolic OH excluding ortho intramolecular Hbond substituents is 2. The van der Waals surface area contributed by atoms with Gasteiger partial charge in [0.05, 0.1) is 28.0 Å². The van der Waals surface area contributed by atoms with Crippen molar-refractivity contribution in [2.24, 2.45) is 11.5 Å². The fourth-order valence-corrected chi connectivity index (χ4v) is 3.78. The fourth-order valence-electron chi connectivity index (χ4n) is 3.78. The summed E-state index contributed by atoms with van der Waals surface area (Å²) in [5, 5.41) is 38.9. The molecule has 0 saturated heterocycles. The first kappa shape index (κ1) is 19.2. The summed E-state index contributed by atoms with van der Waals surface area (Å²) in [6.07, 6.45) is 1.02. The molecule has 29 heavy (non-hydrogen) atoms. The lowest BCUT2D eigenvalue weighted by Gasteiger charge is -2.12. The normalized spacial score (nSPS) is 12.9. The van der Waals surface area contributed by atoms with Crippen molar-refractivity contribution in [3.63, 3.8) is 0 Å². The summed E-state index contributed by atoms with van der Waals surface area (Å²) in [7, 11) is 0. The minimum Gasteiger partial charge on any atom is -0.507 e. The van der Waals surface area contributed by atoms with Crippen molar-refractivity contribution in [3.8, 4) is 11.5 Å². The maximum absolute atomic E-state index is 13.4. The quantitative estimate of drug-likeness (QED) is 0.153. The second-order valence-corrected chi connectivity index (χ2v) is 7.03. The van der Waals surface area contributed by atoms with E-state index in [0.717, 1.165) is 6.42 Å². The van der Waals surface area contributed by atoms with E-state index >= 15 is 0 Å². The Morgan fingerprint density at radius 3 is 2.59 bits per heavy atom. The van der Waals surface area contributed by atoms with E-state index in [4.69, 9.17) is 11.5 Å². The van der Waals surface area contributed by atoms with Gasteiger partial charge in [0.2, 0.25) is 5.43 Å². The molecule has 2 heterocycles. The molecular formula is C20H23N5O4. The summed E-state index contributed by atoms with van der Waals surface area (Å²) in [5.74, 6) is -0.417. The van der Waals surface area contributed by atoms with Crippen molar-refractivity contribution in [3.05, 3.63) is 40.2 Å². The molecule has 0 bridgehead atoms. The Hall–Kier alpha value is -3.14. The van der Waals surface area contributed by atoms with Crippen molar-refractivity contribution in [1.29, 1.82) is 0 Å². The summed E-state index contributed by atoms with van der Waals surface area (Å²) in [5.41, 5.74) is 13.1. The van der Waals surface area contributed by atoms with Crippen molar-refractivity contribution in [2.45, 2.75) is 18.9 Å². The van der Waals surface area contributed by atoms with Gasteiger partial charge < -0.3 is 32.1 Å². The number of anilines is 1. The van der Waals surface area contributed by atoms with Gasteiger partial charge in [-0.1, -0.05) is 0 Å². The molecule has 1 unspecified atom stereocenters. The van der Waals surface area contributed by atoms with Crippen LogP contribution in [-0.4, -0.2) is 44.6 Å². The third-order valence-electron chi connectivity index (χ3n) is 5.16. The second-order valence-electron chi connectivity index (χ2n) is 7.03. The molecule has 9 heteroatoms. The first-order chi connectivity index (χ1) is 14.0. The maximum Gasteiger partial charge on any atom is 0.203 e. The van der Waals surface area contributed by atoms with E-state index in [0.29, 0.717) is 47.2 Å². The Morgan fingerprint density at radius 2 is 1.86 bits per heavy atom. The Bertz CT molecular complexity index is 1250. The molecule has 4 rings (SSSR count). The second kappa shape index (κ2) is 7.36. The molecule has 8 N–H and O–H groups in total. The number of nitrogens with one attached hydrogen (secondary N) is 1. The Morgan fingerprint density at radius 1 is 1.10 bits per heavy atom. The highest BCUT2D eigenvalue weighted by Crippen LogP contribution is 2.37. The van der Waals surface area contributed by atoms with E-state index in [1.54, 1.807) is 6.07 Å². The highest BCUT2D eigenvalue weighted by Gasteiger charge is 2.25. The molecule has 4 aromatic rings. The van der Waals surface area contributed by atoms with E-state index < -0.39 is 11.5 Å². The molecule has 0 amide bonds. The van der Waals surface area contributed by atoms with Gasteiger partial charge in [-0.25, -0.2) is 4.52 Å². The zero-order valence-corrected chi connectivity index (χ0v) is 15.7. The van der Waals surface area contributed by atoms with Crippen LogP contribution in [0.1, 0.15) is 24.6 Å². The predicted octanol–water partition coefficient (Wildman–Crippen LogP) is 0.993. The van der Waals surface area contributed by atoms with Gasteiger partial charge in [0.15, 0.2) is 0 Å².